The average molecular weight is 353 g/mol. The summed E-state index contributed by atoms with van der Waals surface area (Å²) in [5.74, 6) is 1.75. The first kappa shape index (κ1) is 15.3. The van der Waals surface area contributed by atoms with Gasteiger partial charge in [-0.05, 0) is 30.3 Å². The largest absolute Gasteiger partial charge is 0.384 e. The summed E-state index contributed by atoms with van der Waals surface area (Å²) in [6.07, 6.45) is 1.74. The molecule has 3 N–H and O–H groups in total. The van der Waals surface area contributed by atoms with Crippen LogP contribution in [0.25, 0.3) is 27.9 Å². The first-order valence-corrected chi connectivity index (χ1v) is 8.47. The van der Waals surface area contributed by atoms with E-state index in [2.05, 4.69) is 25.4 Å². The molecule has 0 saturated heterocycles. The van der Waals surface area contributed by atoms with Crippen molar-refractivity contribution in [2.45, 2.75) is 0 Å². The van der Waals surface area contributed by atoms with Crippen molar-refractivity contribution in [1.29, 1.82) is 0 Å². The maximum absolute atomic E-state index is 5.74. The van der Waals surface area contributed by atoms with Gasteiger partial charge in [-0.2, -0.15) is 9.50 Å². The summed E-state index contributed by atoms with van der Waals surface area (Å²) < 4.78 is 1.74. The van der Waals surface area contributed by atoms with Crippen LogP contribution in [0, 0.1) is 0 Å². The molecule has 2 aromatic carbocycles. The molecule has 0 aliphatic heterocycles. The van der Waals surface area contributed by atoms with E-state index in [9.17, 15) is 0 Å². The van der Waals surface area contributed by atoms with Crippen molar-refractivity contribution in [3.05, 3.63) is 72.9 Å². The lowest BCUT2D eigenvalue weighted by Crippen LogP contribution is -1.98. The predicted molar refractivity (Wildman–Crippen MR) is 106 cm³/mol. The highest BCUT2D eigenvalue weighted by molar-refractivity contribution is 5.84. The third-order valence-corrected chi connectivity index (χ3v) is 4.25. The summed E-state index contributed by atoms with van der Waals surface area (Å²) >= 11 is 0. The van der Waals surface area contributed by atoms with Crippen LogP contribution in [0.5, 0.6) is 0 Å². The van der Waals surface area contributed by atoms with E-state index >= 15 is 0 Å². The van der Waals surface area contributed by atoms with Gasteiger partial charge in [0.15, 0.2) is 11.5 Å². The number of pyridine rings is 1. The second-order valence-corrected chi connectivity index (χ2v) is 6.11. The van der Waals surface area contributed by atoms with E-state index in [1.165, 1.54) is 0 Å². The second-order valence-electron chi connectivity index (χ2n) is 6.11. The molecule has 7 nitrogen and oxygen atoms in total. The van der Waals surface area contributed by atoms with Gasteiger partial charge in [-0.3, -0.25) is 0 Å². The molecule has 7 heteroatoms. The minimum atomic E-state index is 0.503. The number of benzene rings is 2. The zero-order chi connectivity index (χ0) is 18.2. The van der Waals surface area contributed by atoms with Crippen LogP contribution in [0.15, 0.2) is 72.9 Å². The molecule has 27 heavy (non-hydrogen) atoms. The molecule has 0 fully saturated rings. The van der Waals surface area contributed by atoms with E-state index in [-0.39, 0.29) is 0 Å². The van der Waals surface area contributed by atoms with E-state index in [4.69, 9.17) is 5.73 Å². The molecule has 0 unspecified atom stereocenters. The average Bonchev–Trinajstić information content (AvgIpc) is 3.11. The molecule has 0 aliphatic carbocycles. The fraction of sp³-hybridized carbons (Fsp3) is 0. The van der Waals surface area contributed by atoms with Crippen molar-refractivity contribution in [3.63, 3.8) is 0 Å². The van der Waals surface area contributed by atoms with Gasteiger partial charge >= 0.3 is 0 Å². The zero-order valence-corrected chi connectivity index (χ0v) is 14.2. The van der Waals surface area contributed by atoms with Crippen LogP contribution < -0.4 is 11.1 Å². The molecule has 0 amide bonds. The highest BCUT2D eigenvalue weighted by Crippen LogP contribution is 2.22. The SMILES string of the molecule is Nc1ccc2cc(Nc3nc4ccnc(-c5ccccc5)n4n3)ccc2n1. The van der Waals surface area contributed by atoms with E-state index in [0.717, 1.165) is 33.6 Å². The third kappa shape index (κ3) is 2.81. The fourth-order valence-corrected chi connectivity index (χ4v) is 3.00. The first-order valence-electron chi connectivity index (χ1n) is 8.47. The molecule has 3 heterocycles. The Bertz CT molecular complexity index is 1260. The maximum Gasteiger partial charge on any atom is 0.247 e. The molecule has 0 spiro atoms. The molecule has 0 radical (unpaired) electrons. The summed E-state index contributed by atoms with van der Waals surface area (Å²) in [5, 5.41) is 8.81. The molecule has 0 atom stereocenters. The van der Waals surface area contributed by atoms with Crippen molar-refractivity contribution < 1.29 is 0 Å². The van der Waals surface area contributed by atoms with Gasteiger partial charge in [0.05, 0.1) is 5.52 Å². The standard InChI is InChI=1S/C20H15N7/c21-17-9-6-14-12-15(7-8-16(14)24-17)23-20-25-18-10-11-22-19(27(18)26-20)13-4-2-1-3-5-13/h1-12H,(H2,21,24)(H,23,26). The fourth-order valence-electron chi connectivity index (χ4n) is 3.00. The van der Waals surface area contributed by atoms with E-state index in [1.54, 1.807) is 16.8 Å². The summed E-state index contributed by atoms with van der Waals surface area (Å²) in [6.45, 7) is 0. The normalized spacial score (nSPS) is 11.1. The smallest absolute Gasteiger partial charge is 0.247 e. The third-order valence-electron chi connectivity index (χ3n) is 4.25. The van der Waals surface area contributed by atoms with Gasteiger partial charge in [-0.25, -0.2) is 9.97 Å². The van der Waals surface area contributed by atoms with E-state index in [1.807, 2.05) is 60.7 Å². The van der Waals surface area contributed by atoms with E-state index in [0.29, 0.717) is 11.8 Å². The Morgan fingerprint density at radius 2 is 1.78 bits per heavy atom. The minimum absolute atomic E-state index is 0.503. The number of nitrogens with two attached hydrogens (primary N) is 1. The molecule has 5 rings (SSSR count). The first-order chi connectivity index (χ1) is 13.3. The second kappa shape index (κ2) is 6.06. The van der Waals surface area contributed by atoms with Crippen molar-refractivity contribution in [3.8, 4) is 11.4 Å². The maximum atomic E-state index is 5.74. The number of nitrogens with one attached hydrogen (secondary N) is 1. The molecular weight excluding hydrogens is 338 g/mol. The Labute approximate surface area is 154 Å². The number of nitrogens with zero attached hydrogens (tertiary/aromatic N) is 5. The molecule has 3 aromatic heterocycles. The summed E-state index contributed by atoms with van der Waals surface area (Å²) in [6, 6.07) is 21.3. The Hall–Kier alpha value is -4.00. The van der Waals surface area contributed by atoms with Gasteiger partial charge in [-0.1, -0.05) is 30.3 Å². The van der Waals surface area contributed by atoms with Crippen LogP contribution in [0.4, 0.5) is 17.5 Å². The highest BCUT2D eigenvalue weighted by atomic mass is 15.4. The van der Waals surface area contributed by atoms with Crippen LogP contribution in [0.2, 0.25) is 0 Å². The predicted octanol–water partition coefficient (Wildman–Crippen LogP) is 3.67. The number of anilines is 3. The lowest BCUT2D eigenvalue weighted by Gasteiger charge is -2.04. The number of fused-ring (bicyclic) bond motifs is 2. The Kier molecular flexibility index (Phi) is 3.43. The summed E-state index contributed by atoms with van der Waals surface area (Å²) in [5.41, 5.74) is 9.16. The van der Waals surface area contributed by atoms with Gasteiger partial charge in [-0.15, -0.1) is 5.10 Å². The quantitative estimate of drug-likeness (QED) is 0.514. The molecule has 130 valence electrons. The lowest BCUT2D eigenvalue weighted by atomic mass is 10.2. The number of aromatic nitrogens is 5. The van der Waals surface area contributed by atoms with Crippen molar-refractivity contribution in [1.82, 2.24) is 24.6 Å². The van der Waals surface area contributed by atoms with Crippen LogP contribution in [0.1, 0.15) is 0 Å². The number of hydrogen-bond acceptors (Lipinski definition) is 6. The van der Waals surface area contributed by atoms with Gasteiger partial charge in [0.1, 0.15) is 5.82 Å². The molecular formula is C20H15N7. The highest BCUT2D eigenvalue weighted by Gasteiger charge is 2.10. The number of nitrogen functional groups attached to an aromatic ring is 1. The molecule has 0 aliphatic rings. The zero-order valence-electron chi connectivity index (χ0n) is 14.2. The molecule has 0 bridgehead atoms. The number of hydrogen-bond donors (Lipinski definition) is 2. The lowest BCUT2D eigenvalue weighted by molar-refractivity contribution is 0.937. The topological polar surface area (TPSA) is 94.0 Å². The monoisotopic (exact) mass is 353 g/mol. The van der Waals surface area contributed by atoms with Gasteiger partial charge in [0.25, 0.3) is 0 Å². The van der Waals surface area contributed by atoms with Crippen LogP contribution in [0.3, 0.4) is 0 Å². The Balaban J connectivity index is 1.53. The molecule has 5 aromatic rings. The van der Waals surface area contributed by atoms with Crippen LogP contribution in [-0.4, -0.2) is 24.6 Å². The summed E-state index contributed by atoms with van der Waals surface area (Å²) in [7, 11) is 0. The van der Waals surface area contributed by atoms with Gasteiger partial charge in [0.2, 0.25) is 5.95 Å². The Morgan fingerprint density at radius 1 is 0.889 bits per heavy atom. The van der Waals surface area contributed by atoms with Crippen LogP contribution in [-0.2, 0) is 0 Å². The van der Waals surface area contributed by atoms with Crippen molar-refractivity contribution >= 4 is 34.0 Å². The molecule has 0 saturated carbocycles. The van der Waals surface area contributed by atoms with Gasteiger partial charge < -0.3 is 11.1 Å². The van der Waals surface area contributed by atoms with Crippen LogP contribution >= 0.6 is 0 Å². The van der Waals surface area contributed by atoms with Gasteiger partial charge in [0, 0.05) is 28.9 Å². The number of rotatable bonds is 3. The van der Waals surface area contributed by atoms with E-state index < -0.39 is 0 Å². The minimum Gasteiger partial charge on any atom is -0.384 e. The Morgan fingerprint density at radius 3 is 2.67 bits per heavy atom. The van der Waals surface area contributed by atoms with Crippen molar-refractivity contribution in [2.75, 3.05) is 11.1 Å². The summed E-state index contributed by atoms with van der Waals surface area (Å²) in [4.78, 5) is 13.3. The van der Waals surface area contributed by atoms with Crippen molar-refractivity contribution in [2.24, 2.45) is 0 Å².